The number of aromatic nitrogens is 1. The van der Waals surface area contributed by atoms with Crippen molar-refractivity contribution in [3.05, 3.63) is 62.9 Å². The van der Waals surface area contributed by atoms with Crippen LogP contribution < -0.4 is 0 Å². The van der Waals surface area contributed by atoms with Crippen LogP contribution in [0.2, 0.25) is 0 Å². The van der Waals surface area contributed by atoms with E-state index in [1.165, 1.54) is 0 Å². The Balaban J connectivity index is 1.90. The highest BCUT2D eigenvalue weighted by Crippen LogP contribution is 2.23. The predicted molar refractivity (Wildman–Crippen MR) is 83.9 cm³/mol. The number of Topliss-reactive ketones (excluding diaryl/α,β-unsaturated/α-hetero) is 1. The summed E-state index contributed by atoms with van der Waals surface area (Å²) < 4.78 is 7.20. The minimum Gasteiger partial charge on any atom is -0.440 e. The molecule has 0 saturated heterocycles. The highest BCUT2D eigenvalue weighted by Gasteiger charge is 2.15. The van der Waals surface area contributed by atoms with Crippen LogP contribution in [0.3, 0.4) is 0 Å². The average Bonchev–Trinajstić information content (AvgIpc) is 2.83. The molecule has 100 valence electrons. The Bertz CT molecular complexity index is 762. The quantitative estimate of drug-likeness (QED) is 0.600. The Kier molecular flexibility index (Phi) is 3.72. The Morgan fingerprint density at radius 1 is 1.15 bits per heavy atom. The number of rotatable bonds is 3. The van der Waals surface area contributed by atoms with Gasteiger partial charge in [0.2, 0.25) is 5.89 Å². The lowest BCUT2D eigenvalue weighted by Crippen LogP contribution is -2.04. The Morgan fingerprint density at radius 3 is 2.75 bits per heavy atom. The van der Waals surface area contributed by atoms with E-state index in [0.29, 0.717) is 17.0 Å². The monoisotopic (exact) mass is 393 g/mol. The number of nitrogens with zero attached hydrogens (tertiary/aromatic N) is 1. The molecule has 2 aromatic carbocycles. The van der Waals surface area contributed by atoms with Gasteiger partial charge in [-0.1, -0.05) is 44.0 Å². The molecule has 0 aliphatic rings. The Morgan fingerprint density at radius 2 is 1.95 bits per heavy atom. The van der Waals surface area contributed by atoms with Crippen LogP contribution in [0.15, 0.2) is 55.8 Å². The molecule has 0 atom stereocenters. The summed E-state index contributed by atoms with van der Waals surface area (Å²) in [6.45, 7) is 0. The fourth-order valence-electron chi connectivity index (χ4n) is 1.94. The van der Waals surface area contributed by atoms with Crippen LogP contribution in [0.1, 0.15) is 16.2 Å². The molecule has 0 N–H and O–H groups in total. The van der Waals surface area contributed by atoms with E-state index >= 15 is 0 Å². The third-order valence-electron chi connectivity index (χ3n) is 2.88. The number of ketones is 1. The van der Waals surface area contributed by atoms with Crippen molar-refractivity contribution in [1.29, 1.82) is 0 Å². The summed E-state index contributed by atoms with van der Waals surface area (Å²) in [5.41, 5.74) is 2.08. The van der Waals surface area contributed by atoms with Gasteiger partial charge in [0.25, 0.3) is 0 Å². The molecule has 1 aromatic heterocycles. The van der Waals surface area contributed by atoms with E-state index in [1.54, 1.807) is 6.07 Å². The smallest absolute Gasteiger partial charge is 0.203 e. The van der Waals surface area contributed by atoms with E-state index in [1.807, 2.05) is 36.4 Å². The average molecular weight is 395 g/mol. The molecule has 3 rings (SSSR count). The largest absolute Gasteiger partial charge is 0.440 e. The molecule has 0 aliphatic heterocycles. The van der Waals surface area contributed by atoms with Crippen molar-refractivity contribution >= 4 is 48.7 Å². The topological polar surface area (TPSA) is 43.1 Å². The fourth-order valence-corrected chi connectivity index (χ4v) is 2.77. The second-order valence-electron chi connectivity index (χ2n) is 4.30. The number of carbonyl (C=O) groups is 1. The zero-order chi connectivity index (χ0) is 14.1. The van der Waals surface area contributed by atoms with E-state index in [-0.39, 0.29) is 12.2 Å². The molecular weight excluding hydrogens is 386 g/mol. The third kappa shape index (κ3) is 2.69. The normalized spacial score (nSPS) is 10.9. The summed E-state index contributed by atoms with van der Waals surface area (Å²) in [6, 6.07) is 13.0. The van der Waals surface area contributed by atoms with Crippen LogP contribution in [0, 0.1) is 0 Å². The van der Waals surface area contributed by atoms with Crippen molar-refractivity contribution in [2.45, 2.75) is 6.42 Å². The molecule has 5 heteroatoms. The fraction of sp³-hybridized carbons (Fsp3) is 0.0667. The summed E-state index contributed by atoms with van der Waals surface area (Å²) in [6.07, 6.45) is 0.143. The molecule has 1 heterocycles. The SMILES string of the molecule is O=C(Cc1nc2ccccc2o1)c1cc(Br)ccc1Br. The van der Waals surface area contributed by atoms with E-state index in [2.05, 4.69) is 36.8 Å². The molecule has 0 amide bonds. The second-order valence-corrected chi connectivity index (χ2v) is 6.07. The van der Waals surface area contributed by atoms with Crippen LogP contribution >= 0.6 is 31.9 Å². The minimum absolute atomic E-state index is 0.0373. The van der Waals surface area contributed by atoms with Crippen LogP contribution in [0.5, 0.6) is 0 Å². The van der Waals surface area contributed by atoms with Crippen LogP contribution in [-0.4, -0.2) is 10.8 Å². The summed E-state index contributed by atoms with van der Waals surface area (Å²) in [5, 5.41) is 0. The van der Waals surface area contributed by atoms with Gasteiger partial charge in [0, 0.05) is 14.5 Å². The summed E-state index contributed by atoms with van der Waals surface area (Å²) in [5.74, 6) is 0.396. The number of hydrogen-bond donors (Lipinski definition) is 0. The summed E-state index contributed by atoms with van der Waals surface area (Å²) >= 11 is 6.75. The molecule has 0 saturated carbocycles. The molecule has 20 heavy (non-hydrogen) atoms. The van der Waals surface area contributed by atoms with Gasteiger partial charge in [-0.15, -0.1) is 0 Å². The van der Waals surface area contributed by atoms with Crippen molar-refractivity contribution in [2.75, 3.05) is 0 Å². The summed E-state index contributed by atoms with van der Waals surface area (Å²) in [4.78, 5) is 16.6. The van der Waals surface area contributed by atoms with Gasteiger partial charge in [-0.2, -0.15) is 0 Å². The maximum atomic E-state index is 12.3. The highest BCUT2D eigenvalue weighted by atomic mass is 79.9. The number of para-hydroxylation sites is 2. The summed E-state index contributed by atoms with van der Waals surface area (Å²) in [7, 11) is 0. The van der Waals surface area contributed by atoms with E-state index in [4.69, 9.17) is 4.42 Å². The molecule has 0 unspecified atom stereocenters. The lowest BCUT2D eigenvalue weighted by atomic mass is 10.1. The zero-order valence-electron chi connectivity index (χ0n) is 10.3. The second kappa shape index (κ2) is 5.50. The molecule has 3 aromatic rings. The first-order valence-electron chi connectivity index (χ1n) is 5.96. The van der Waals surface area contributed by atoms with Crippen LogP contribution in [-0.2, 0) is 6.42 Å². The van der Waals surface area contributed by atoms with Crippen LogP contribution in [0.4, 0.5) is 0 Å². The Hall–Kier alpha value is -1.46. The number of oxazole rings is 1. The van der Waals surface area contributed by atoms with Gasteiger partial charge in [-0.05, 0) is 30.3 Å². The molecule has 3 nitrogen and oxygen atoms in total. The first-order valence-corrected chi connectivity index (χ1v) is 7.55. The molecular formula is C15H9Br2NO2. The van der Waals surface area contributed by atoms with Gasteiger partial charge in [-0.25, -0.2) is 4.98 Å². The van der Waals surface area contributed by atoms with E-state index in [0.717, 1.165) is 14.5 Å². The van der Waals surface area contributed by atoms with Gasteiger partial charge in [0.15, 0.2) is 11.4 Å². The molecule has 0 aliphatic carbocycles. The number of hydrogen-bond acceptors (Lipinski definition) is 3. The number of halogens is 2. The maximum absolute atomic E-state index is 12.3. The molecule has 0 radical (unpaired) electrons. The first-order chi connectivity index (χ1) is 9.63. The van der Waals surface area contributed by atoms with Gasteiger partial charge in [-0.3, -0.25) is 4.79 Å². The lowest BCUT2D eigenvalue weighted by molar-refractivity contribution is 0.0985. The van der Waals surface area contributed by atoms with E-state index < -0.39 is 0 Å². The number of benzene rings is 2. The van der Waals surface area contributed by atoms with Crippen molar-refractivity contribution in [2.24, 2.45) is 0 Å². The van der Waals surface area contributed by atoms with Crippen molar-refractivity contribution in [1.82, 2.24) is 4.98 Å². The zero-order valence-corrected chi connectivity index (χ0v) is 13.4. The molecule has 0 spiro atoms. The number of fused-ring (bicyclic) bond motifs is 1. The van der Waals surface area contributed by atoms with Gasteiger partial charge in [0.05, 0.1) is 6.42 Å². The predicted octanol–water partition coefficient (Wildman–Crippen LogP) is 4.78. The standard InChI is InChI=1S/C15H9Br2NO2/c16-9-5-6-11(17)10(7-9)13(19)8-15-18-12-3-1-2-4-14(12)20-15/h1-7H,8H2. The molecule has 0 fully saturated rings. The lowest BCUT2D eigenvalue weighted by Gasteiger charge is -2.02. The van der Waals surface area contributed by atoms with Gasteiger partial charge in [0.1, 0.15) is 5.52 Å². The van der Waals surface area contributed by atoms with Crippen molar-refractivity contribution < 1.29 is 9.21 Å². The number of carbonyl (C=O) groups excluding carboxylic acids is 1. The van der Waals surface area contributed by atoms with E-state index in [9.17, 15) is 4.79 Å². The maximum Gasteiger partial charge on any atom is 0.203 e. The third-order valence-corrected chi connectivity index (χ3v) is 4.06. The van der Waals surface area contributed by atoms with Gasteiger partial charge >= 0.3 is 0 Å². The van der Waals surface area contributed by atoms with Crippen LogP contribution in [0.25, 0.3) is 11.1 Å². The first kappa shape index (κ1) is 13.5. The minimum atomic E-state index is -0.0373. The Labute approximate surface area is 132 Å². The van der Waals surface area contributed by atoms with Crippen molar-refractivity contribution in [3.8, 4) is 0 Å². The van der Waals surface area contributed by atoms with Gasteiger partial charge < -0.3 is 4.42 Å². The van der Waals surface area contributed by atoms with Crippen molar-refractivity contribution in [3.63, 3.8) is 0 Å². The molecule has 0 bridgehead atoms. The highest BCUT2D eigenvalue weighted by molar-refractivity contribution is 9.11.